The van der Waals surface area contributed by atoms with Gasteiger partial charge in [-0.05, 0) is 42.5 Å². The van der Waals surface area contributed by atoms with Gasteiger partial charge in [-0.25, -0.2) is 4.99 Å². The minimum Gasteiger partial charge on any atom is -0.326 e. The molecule has 0 unspecified atom stereocenters. The van der Waals surface area contributed by atoms with Gasteiger partial charge in [-0.1, -0.05) is 59.6 Å². The third kappa shape index (κ3) is 5.09. The number of guanidine groups is 1. The summed E-state index contributed by atoms with van der Waals surface area (Å²) >= 11 is 12.1. The molecule has 0 spiro atoms. The first kappa shape index (κ1) is 18.0. The summed E-state index contributed by atoms with van der Waals surface area (Å²) in [5, 5.41) is 6.80. The molecule has 0 heterocycles. The van der Waals surface area contributed by atoms with Gasteiger partial charge in [0.2, 0.25) is 5.96 Å². The van der Waals surface area contributed by atoms with Crippen LogP contribution in [0.2, 0.25) is 10.0 Å². The third-order valence-corrected chi connectivity index (χ3v) is 3.83. The Labute approximate surface area is 161 Å². The second kappa shape index (κ2) is 8.52. The molecule has 0 aromatic heterocycles. The number of carbonyl (C=O) groups excluding carboxylic acids is 1. The smallest absolute Gasteiger partial charge is 0.257 e. The minimum atomic E-state index is -0.277. The predicted octanol–water partition coefficient (Wildman–Crippen LogP) is 5.52. The topological polar surface area (TPSA) is 53.5 Å². The second-order valence-corrected chi connectivity index (χ2v) is 6.27. The normalized spacial score (nSPS) is 11.1. The van der Waals surface area contributed by atoms with Crippen LogP contribution in [0.25, 0.3) is 0 Å². The summed E-state index contributed by atoms with van der Waals surface area (Å²) in [4.78, 5) is 17.0. The highest BCUT2D eigenvalue weighted by atomic mass is 35.5. The van der Waals surface area contributed by atoms with E-state index in [9.17, 15) is 4.79 Å². The molecular weight excluding hydrogens is 369 g/mol. The van der Waals surface area contributed by atoms with Crippen molar-refractivity contribution < 1.29 is 4.79 Å². The fourth-order valence-electron chi connectivity index (χ4n) is 2.25. The van der Waals surface area contributed by atoms with Crippen LogP contribution in [0.1, 0.15) is 10.4 Å². The molecule has 4 nitrogen and oxygen atoms in total. The van der Waals surface area contributed by atoms with Crippen molar-refractivity contribution in [2.45, 2.75) is 0 Å². The molecule has 0 aliphatic rings. The summed E-state index contributed by atoms with van der Waals surface area (Å²) in [6.45, 7) is 0. The Hall–Kier alpha value is -2.82. The van der Waals surface area contributed by atoms with Crippen molar-refractivity contribution in [3.63, 3.8) is 0 Å². The van der Waals surface area contributed by atoms with Crippen LogP contribution in [0.3, 0.4) is 0 Å². The molecule has 0 saturated heterocycles. The van der Waals surface area contributed by atoms with Crippen molar-refractivity contribution in [1.82, 2.24) is 5.32 Å². The van der Waals surface area contributed by atoms with Crippen LogP contribution < -0.4 is 10.6 Å². The Balaban J connectivity index is 1.89. The average Bonchev–Trinajstić information content (AvgIpc) is 2.62. The lowest BCUT2D eigenvalue weighted by Crippen LogP contribution is -2.35. The zero-order chi connectivity index (χ0) is 18.4. The third-order valence-electron chi connectivity index (χ3n) is 3.39. The quantitative estimate of drug-likeness (QED) is 0.461. The van der Waals surface area contributed by atoms with E-state index < -0.39 is 0 Å². The second-order valence-electron chi connectivity index (χ2n) is 5.40. The van der Waals surface area contributed by atoms with E-state index >= 15 is 0 Å². The Morgan fingerprint density at radius 3 is 2.00 bits per heavy atom. The van der Waals surface area contributed by atoms with Crippen molar-refractivity contribution in [3.05, 3.63) is 94.5 Å². The standard InChI is InChI=1S/C20H15Cl2N3O/c21-15-11-16(22)13-18(12-15)24-20(23-17-9-5-2-6-10-17)25-19(26)14-7-3-1-4-8-14/h1-13H,(H2,23,24,25,26). The van der Waals surface area contributed by atoms with Crippen LogP contribution in [-0.4, -0.2) is 11.9 Å². The van der Waals surface area contributed by atoms with E-state index in [4.69, 9.17) is 23.2 Å². The molecule has 130 valence electrons. The summed E-state index contributed by atoms with van der Waals surface area (Å²) < 4.78 is 0. The highest BCUT2D eigenvalue weighted by molar-refractivity contribution is 6.35. The van der Waals surface area contributed by atoms with E-state index in [1.54, 1.807) is 42.5 Å². The molecule has 26 heavy (non-hydrogen) atoms. The van der Waals surface area contributed by atoms with Gasteiger partial charge in [0.15, 0.2) is 0 Å². The summed E-state index contributed by atoms with van der Waals surface area (Å²) in [5.74, 6) is -0.00991. The minimum absolute atomic E-state index is 0.267. The van der Waals surface area contributed by atoms with E-state index in [1.165, 1.54) is 0 Å². The monoisotopic (exact) mass is 383 g/mol. The average molecular weight is 384 g/mol. The molecule has 3 rings (SSSR count). The van der Waals surface area contributed by atoms with Gasteiger partial charge >= 0.3 is 0 Å². The Morgan fingerprint density at radius 1 is 0.808 bits per heavy atom. The number of para-hydroxylation sites is 1. The number of carbonyl (C=O) groups is 1. The Morgan fingerprint density at radius 2 is 1.38 bits per heavy atom. The number of aliphatic imine (C=N–C) groups is 1. The fraction of sp³-hybridized carbons (Fsp3) is 0. The van der Waals surface area contributed by atoms with Crippen LogP contribution in [0, 0.1) is 0 Å². The number of amides is 1. The first-order chi connectivity index (χ1) is 12.6. The Bertz CT molecular complexity index is 908. The van der Waals surface area contributed by atoms with Crippen LogP contribution >= 0.6 is 23.2 Å². The molecule has 1 amide bonds. The highest BCUT2D eigenvalue weighted by Crippen LogP contribution is 2.22. The highest BCUT2D eigenvalue weighted by Gasteiger charge is 2.10. The van der Waals surface area contributed by atoms with E-state index in [1.807, 2.05) is 36.4 Å². The molecule has 0 aliphatic heterocycles. The zero-order valence-electron chi connectivity index (χ0n) is 13.6. The molecule has 0 atom stereocenters. The SMILES string of the molecule is O=C(NC(=Nc1ccccc1)Nc1cc(Cl)cc(Cl)c1)c1ccccc1. The van der Waals surface area contributed by atoms with E-state index in [-0.39, 0.29) is 11.9 Å². The largest absolute Gasteiger partial charge is 0.326 e. The number of nitrogens with zero attached hydrogens (tertiary/aromatic N) is 1. The molecular formula is C20H15Cl2N3O. The van der Waals surface area contributed by atoms with Gasteiger partial charge in [-0.3, -0.25) is 10.1 Å². The lowest BCUT2D eigenvalue weighted by atomic mass is 10.2. The molecule has 6 heteroatoms. The van der Waals surface area contributed by atoms with Crippen LogP contribution in [0.15, 0.2) is 83.9 Å². The predicted molar refractivity (Wildman–Crippen MR) is 108 cm³/mol. The maximum absolute atomic E-state index is 12.5. The molecule has 3 aromatic carbocycles. The van der Waals surface area contributed by atoms with Crippen molar-refractivity contribution in [1.29, 1.82) is 0 Å². The van der Waals surface area contributed by atoms with Crippen LogP contribution in [-0.2, 0) is 0 Å². The van der Waals surface area contributed by atoms with Gasteiger partial charge in [0.05, 0.1) is 5.69 Å². The van der Waals surface area contributed by atoms with Gasteiger partial charge in [-0.2, -0.15) is 0 Å². The van der Waals surface area contributed by atoms with E-state index in [0.29, 0.717) is 27.0 Å². The van der Waals surface area contributed by atoms with Crippen molar-refractivity contribution in [3.8, 4) is 0 Å². The van der Waals surface area contributed by atoms with Crippen LogP contribution in [0.4, 0.5) is 11.4 Å². The van der Waals surface area contributed by atoms with Crippen molar-refractivity contribution in [2.75, 3.05) is 5.32 Å². The van der Waals surface area contributed by atoms with Crippen molar-refractivity contribution >= 4 is 46.4 Å². The van der Waals surface area contributed by atoms with E-state index in [2.05, 4.69) is 15.6 Å². The maximum Gasteiger partial charge on any atom is 0.257 e. The molecule has 0 bridgehead atoms. The molecule has 0 aliphatic carbocycles. The molecule has 2 N–H and O–H groups in total. The number of nitrogens with one attached hydrogen (secondary N) is 2. The Kier molecular flexibility index (Phi) is 5.89. The van der Waals surface area contributed by atoms with Gasteiger partial charge in [0.1, 0.15) is 0 Å². The van der Waals surface area contributed by atoms with Gasteiger partial charge in [0, 0.05) is 21.3 Å². The van der Waals surface area contributed by atoms with Crippen molar-refractivity contribution in [2.24, 2.45) is 4.99 Å². The zero-order valence-corrected chi connectivity index (χ0v) is 15.1. The number of benzene rings is 3. The number of halogens is 2. The lowest BCUT2D eigenvalue weighted by Gasteiger charge is -2.12. The first-order valence-corrected chi connectivity index (χ1v) is 8.59. The lowest BCUT2D eigenvalue weighted by molar-refractivity contribution is 0.0977. The summed E-state index contributed by atoms with van der Waals surface area (Å²) in [6, 6.07) is 23.2. The first-order valence-electron chi connectivity index (χ1n) is 7.83. The number of hydrogen-bond acceptors (Lipinski definition) is 2. The van der Waals surface area contributed by atoms with E-state index in [0.717, 1.165) is 0 Å². The van der Waals surface area contributed by atoms with Crippen LogP contribution in [0.5, 0.6) is 0 Å². The van der Waals surface area contributed by atoms with Gasteiger partial charge in [-0.15, -0.1) is 0 Å². The molecule has 0 saturated carbocycles. The van der Waals surface area contributed by atoms with Gasteiger partial charge < -0.3 is 5.32 Å². The summed E-state index contributed by atoms with van der Waals surface area (Å²) in [6.07, 6.45) is 0. The molecule has 0 radical (unpaired) electrons. The fourth-order valence-corrected chi connectivity index (χ4v) is 2.78. The number of rotatable bonds is 3. The molecule has 3 aromatic rings. The van der Waals surface area contributed by atoms with Gasteiger partial charge in [0.25, 0.3) is 5.91 Å². The summed E-state index contributed by atoms with van der Waals surface area (Å²) in [7, 11) is 0. The number of hydrogen-bond donors (Lipinski definition) is 2. The molecule has 0 fully saturated rings. The number of anilines is 1. The summed E-state index contributed by atoms with van der Waals surface area (Å²) in [5.41, 5.74) is 1.83. The maximum atomic E-state index is 12.5.